The van der Waals surface area contributed by atoms with Crippen molar-refractivity contribution in [3.63, 3.8) is 0 Å². The van der Waals surface area contributed by atoms with Crippen LogP contribution in [0.15, 0.2) is 77.2 Å². The summed E-state index contributed by atoms with van der Waals surface area (Å²) >= 11 is 0. The quantitative estimate of drug-likeness (QED) is 0.296. The molecule has 0 fully saturated rings. The van der Waals surface area contributed by atoms with Gasteiger partial charge in [0.25, 0.3) is 11.5 Å². The topological polar surface area (TPSA) is 106 Å². The number of rotatable bonds is 7. The van der Waals surface area contributed by atoms with Crippen molar-refractivity contribution in [2.75, 3.05) is 11.9 Å². The number of nitrogens with one attached hydrogen (secondary N) is 1. The average Bonchev–Trinajstić information content (AvgIpc) is 2.87. The van der Waals surface area contributed by atoms with Crippen molar-refractivity contribution in [2.45, 2.75) is 13.8 Å². The molecule has 0 radical (unpaired) electrons. The molecule has 1 N–H and O–H groups in total. The first kappa shape index (κ1) is 24.2. The molecule has 0 aliphatic carbocycles. The molecular formula is C27H21FN4O4. The Morgan fingerprint density at radius 2 is 1.92 bits per heavy atom. The van der Waals surface area contributed by atoms with Gasteiger partial charge in [-0.3, -0.25) is 14.0 Å². The summed E-state index contributed by atoms with van der Waals surface area (Å²) in [5.41, 5.74) is 0.266. The number of aryl methyl sites for hydroxylation is 1. The predicted octanol–water partition coefficient (Wildman–Crippen LogP) is 4.88. The first-order chi connectivity index (χ1) is 17.4. The van der Waals surface area contributed by atoms with E-state index in [0.29, 0.717) is 29.3 Å². The lowest BCUT2D eigenvalue weighted by atomic mass is 10.1. The first-order valence-electron chi connectivity index (χ1n) is 11.0. The summed E-state index contributed by atoms with van der Waals surface area (Å²) in [6.07, 6.45) is 2.60. The second-order valence-corrected chi connectivity index (χ2v) is 7.63. The maximum absolute atomic E-state index is 14.3. The number of hydrogen-bond acceptors (Lipinski definition) is 6. The van der Waals surface area contributed by atoms with E-state index in [1.807, 2.05) is 13.0 Å². The zero-order valence-corrected chi connectivity index (χ0v) is 19.5. The number of benzene rings is 2. The molecule has 4 rings (SSSR count). The molecule has 0 spiro atoms. The number of aromatic nitrogens is 2. The summed E-state index contributed by atoms with van der Waals surface area (Å²) in [5, 5.41) is 12.3. The maximum atomic E-state index is 14.3. The zero-order chi connectivity index (χ0) is 25.7. The van der Waals surface area contributed by atoms with E-state index in [4.69, 9.17) is 9.47 Å². The van der Waals surface area contributed by atoms with Crippen LogP contribution in [0.4, 0.5) is 10.1 Å². The number of amides is 1. The van der Waals surface area contributed by atoms with Gasteiger partial charge in [-0.15, -0.1) is 0 Å². The van der Waals surface area contributed by atoms with Crippen molar-refractivity contribution in [1.82, 2.24) is 9.38 Å². The van der Waals surface area contributed by atoms with Gasteiger partial charge < -0.3 is 14.8 Å². The number of pyridine rings is 1. The van der Waals surface area contributed by atoms with E-state index in [9.17, 15) is 19.2 Å². The number of nitrogens with zero attached hydrogens (tertiary/aromatic N) is 3. The minimum Gasteiger partial charge on any atom is -0.494 e. The van der Waals surface area contributed by atoms with Gasteiger partial charge in [-0.05, 0) is 68.0 Å². The van der Waals surface area contributed by atoms with Crippen molar-refractivity contribution < 1.29 is 18.7 Å². The predicted molar refractivity (Wildman–Crippen MR) is 133 cm³/mol. The first-order valence-corrected chi connectivity index (χ1v) is 11.0. The van der Waals surface area contributed by atoms with Gasteiger partial charge in [0.1, 0.15) is 28.6 Å². The summed E-state index contributed by atoms with van der Waals surface area (Å²) in [6.45, 7) is 4.11. The second kappa shape index (κ2) is 10.5. The number of ether oxygens (including phenoxy) is 2. The molecule has 0 bridgehead atoms. The molecule has 2 aromatic heterocycles. The fourth-order valence-corrected chi connectivity index (χ4v) is 3.42. The van der Waals surface area contributed by atoms with Crippen LogP contribution >= 0.6 is 0 Å². The lowest BCUT2D eigenvalue weighted by Gasteiger charge is -2.12. The Morgan fingerprint density at radius 3 is 2.61 bits per heavy atom. The SMILES string of the molecule is CCOc1ccc(NC(=O)/C(C#N)=C/c2c(Oc3ccccc3F)nc3c(C)cccn3c2=O)cc1. The van der Waals surface area contributed by atoms with E-state index < -0.39 is 17.3 Å². The van der Waals surface area contributed by atoms with Crippen LogP contribution < -0.4 is 20.3 Å². The highest BCUT2D eigenvalue weighted by atomic mass is 19.1. The van der Waals surface area contributed by atoms with Gasteiger partial charge in [0.05, 0.1) is 6.61 Å². The van der Waals surface area contributed by atoms with Crippen molar-refractivity contribution in [1.29, 1.82) is 5.26 Å². The van der Waals surface area contributed by atoms with Gasteiger partial charge in [0.2, 0.25) is 5.88 Å². The lowest BCUT2D eigenvalue weighted by molar-refractivity contribution is -0.112. The third-order valence-corrected chi connectivity index (χ3v) is 5.17. The van der Waals surface area contributed by atoms with E-state index >= 15 is 0 Å². The molecule has 9 heteroatoms. The number of anilines is 1. The van der Waals surface area contributed by atoms with Crippen LogP contribution in [-0.2, 0) is 4.79 Å². The number of carbonyl (C=O) groups is 1. The molecule has 0 saturated carbocycles. The van der Waals surface area contributed by atoms with Gasteiger partial charge in [0.15, 0.2) is 11.6 Å². The molecule has 4 aromatic rings. The highest BCUT2D eigenvalue weighted by Crippen LogP contribution is 2.27. The molecule has 2 aromatic carbocycles. The van der Waals surface area contributed by atoms with Crippen LogP contribution in [0.3, 0.4) is 0 Å². The molecule has 0 atom stereocenters. The Kier molecular flexibility index (Phi) is 7.07. The minimum absolute atomic E-state index is 0.158. The third kappa shape index (κ3) is 5.08. The van der Waals surface area contributed by atoms with E-state index in [1.54, 1.807) is 49.4 Å². The fraction of sp³-hybridized carbons (Fsp3) is 0.111. The summed E-state index contributed by atoms with van der Waals surface area (Å²) in [6, 6.07) is 17.5. The highest BCUT2D eigenvalue weighted by molar-refractivity contribution is 6.09. The Morgan fingerprint density at radius 1 is 1.17 bits per heavy atom. The largest absolute Gasteiger partial charge is 0.494 e. The standard InChI is InChI=1S/C27H21FN4O4/c1-3-35-20-12-10-19(11-13-20)30-25(33)18(16-29)15-21-26(36-23-9-5-4-8-22(23)28)31-24-17(2)7-6-14-32(24)27(21)34/h4-15H,3H2,1-2H3,(H,30,33)/b18-15+. The summed E-state index contributed by atoms with van der Waals surface area (Å²) in [4.78, 5) is 30.6. The van der Waals surface area contributed by atoms with Crippen molar-refractivity contribution in [2.24, 2.45) is 0 Å². The van der Waals surface area contributed by atoms with E-state index in [-0.39, 0.29) is 22.8 Å². The molecule has 36 heavy (non-hydrogen) atoms. The van der Waals surface area contributed by atoms with Gasteiger partial charge in [-0.2, -0.15) is 10.2 Å². The van der Waals surface area contributed by atoms with E-state index in [2.05, 4.69) is 10.3 Å². The Balaban J connectivity index is 1.78. The summed E-state index contributed by atoms with van der Waals surface area (Å²) < 4.78 is 26.6. The third-order valence-electron chi connectivity index (χ3n) is 5.17. The fourth-order valence-electron chi connectivity index (χ4n) is 3.42. The van der Waals surface area contributed by atoms with Crippen LogP contribution in [-0.4, -0.2) is 21.9 Å². The lowest BCUT2D eigenvalue weighted by Crippen LogP contribution is -2.20. The molecule has 0 aliphatic rings. The van der Waals surface area contributed by atoms with Crippen molar-refractivity contribution in [3.8, 4) is 23.4 Å². The van der Waals surface area contributed by atoms with Crippen LogP contribution in [0, 0.1) is 24.1 Å². The number of fused-ring (bicyclic) bond motifs is 1. The highest BCUT2D eigenvalue weighted by Gasteiger charge is 2.19. The number of para-hydroxylation sites is 1. The molecule has 8 nitrogen and oxygen atoms in total. The number of hydrogen-bond donors (Lipinski definition) is 1. The average molecular weight is 484 g/mol. The van der Waals surface area contributed by atoms with Crippen molar-refractivity contribution >= 4 is 23.3 Å². The second-order valence-electron chi connectivity index (χ2n) is 7.63. The number of carbonyl (C=O) groups excluding carboxylic acids is 1. The molecule has 180 valence electrons. The van der Waals surface area contributed by atoms with E-state index in [0.717, 1.165) is 6.08 Å². The van der Waals surface area contributed by atoms with Crippen LogP contribution in [0.25, 0.3) is 11.7 Å². The van der Waals surface area contributed by atoms with Crippen LogP contribution in [0.5, 0.6) is 17.4 Å². The van der Waals surface area contributed by atoms with Crippen molar-refractivity contribution in [3.05, 3.63) is 99.7 Å². The smallest absolute Gasteiger partial charge is 0.269 e. The monoisotopic (exact) mass is 484 g/mol. The van der Waals surface area contributed by atoms with Gasteiger partial charge >= 0.3 is 0 Å². The Labute approximate surface area is 205 Å². The number of nitriles is 1. The maximum Gasteiger partial charge on any atom is 0.269 e. The molecule has 2 heterocycles. The zero-order valence-electron chi connectivity index (χ0n) is 19.5. The molecule has 0 saturated heterocycles. The molecule has 0 unspecified atom stereocenters. The number of halogens is 1. The Hall–Kier alpha value is -4.97. The van der Waals surface area contributed by atoms with Crippen LogP contribution in [0.1, 0.15) is 18.1 Å². The summed E-state index contributed by atoms with van der Waals surface area (Å²) in [5.74, 6) is -1.16. The molecule has 1 amide bonds. The van der Waals surface area contributed by atoms with Gasteiger partial charge in [-0.1, -0.05) is 18.2 Å². The normalized spacial score (nSPS) is 11.1. The van der Waals surface area contributed by atoms with Gasteiger partial charge in [-0.25, -0.2) is 4.39 Å². The minimum atomic E-state index is -0.743. The van der Waals surface area contributed by atoms with Crippen LogP contribution in [0.2, 0.25) is 0 Å². The summed E-state index contributed by atoms with van der Waals surface area (Å²) in [7, 11) is 0. The Bertz CT molecular complexity index is 1570. The molecule has 0 aliphatic heterocycles. The van der Waals surface area contributed by atoms with E-state index in [1.165, 1.54) is 28.8 Å². The van der Waals surface area contributed by atoms with Gasteiger partial charge in [0, 0.05) is 11.9 Å². The molecular weight excluding hydrogens is 463 g/mol.